The summed E-state index contributed by atoms with van der Waals surface area (Å²) in [6.07, 6.45) is 5.31. The van der Waals surface area contributed by atoms with Gasteiger partial charge in [0, 0.05) is 17.3 Å². The van der Waals surface area contributed by atoms with Gasteiger partial charge in [-0.1, -0.05) is 6.92 Å². The normalized spacial score (nSPS) is 16.6. The maximum atomic E-state index is 12.0. The van der Waals surface area contributed by atoms with Gasteiger partial charge in [0.2, 0.25) is 0 Å². The number of nitrogens with zero attached hydrogens (tertiary/aromatic N) is 1. The van der Waals surface area contributed by atoms with E-state index in [4.69, 9.17) is 0 Å². The van der Waals surface area contributed by atoms with Crippen LogP contribution in [0.5, 0.6) is 0 Å². The maximum absolute atomic E-state index is 12.0. The Bertz CT molecular complexity index is 384. The van der Waals surface area contributed by atoms with Gasteiger partial charge in [-0.05, 0) is 39.0 Å². The number of fused-ring (bicyclic) bond motifs is 1. The highest BCUT2D eigenvalue weighted by molar-refractivity contribution is 5.94. The van der Waals surface area contributed by atoms with Gasteiger partial charge in [0.1, 0.15) is 0 Å². The van der Waals surface area contributed by atoms with Gasteiger partial charge >= 0.3 is 0 Å². The summed E-state index contributed by atoms with van der Waals surface area (Å²) < 4.78 is 0. The van der Waals surface area contributed by atoms with Crippen LogP contribution >= 0.6 is 0 Å². The second-order valence-electron chi connectivity index (χ2n) is 4.52. The van der Waals surface area contributed by atoms with Crippen LogP contribution in [-0.2, 0) is 12.8 Å². The summed E-state index contributed by atoms with van der Waals surface area (Å²) in [4.78, 5) is 12.0. The Labute approximate surface area is 95.8 Å². The molecule has 16 heavy (non-hydrogen) atoms. The van der Waals surface area contributed by atoms with Crippen LogP contribution in [0.25, 0.3) is 0 Å². The van der Waals surface area contributed by atoms with Gasteiger partial charge in [0.05, 0.1) is 0 Å². The third kappa shape index (κ3) is 2.10. The van der Waals surface area contributed by atoms with Crippen molar-refractivity contribution in [1.29, 1.82) is 0 Å². The number of aromatic amines is 1. The number of hydrogen-bond acceptors (Lipinski definition) is 2. The number of rotatable bonds is 3. The Morgan fingerprint density at radius 2 is 2.25 bits per heavy atom. The van der Waals surface area contributed by atoms with Crippen molar-refractivity contribution in [3.63, 3.8) is 0 Å². The molecule has 0 radical (unpaired) electrons. The first kappa shape index (κ1) is 11.2. The summed E-state index contributed by atoms with van der Waals surface area (Å²) in [7, 11) is 0. The van der Waals surface area contributed by atoms with Crippen molar-refractivity contribution in [2.24, 2.45) is 0 Å². The minimum atomic E-state index is -0.0336. The molecular formula is C12H19N3O. The molecule has 4 heteroatoms. The topological polar surface area (TPSA) is 57.8 Å². The lowest BCUT2D eigenvalue weighted by atomic mass is 9.95. The number of hydrogen-bond donors (Lipinski definition) is 2. The van der Waals surface area contributed by atoms with Crippen molar-refractivity contribution in [2.75, 3.05) is 0 Å². The highest BCUT2D eigenvalue weighted by Gasteiger charge is 2.21. The number of aryl methyl sites for hydroxylation is 1. The molecule has 1 atom stereocenters. The standard InChI is InChI=1S/C12H19N3O/c1-3-8(2)13-12(16)11-9-6-4-5-7-10(9)14-15-11/h8H,3-7H2,1-2H3,(H,13,16)(H,14,15)/t8-/m1/s1. The Balaban J connectivity index is 2.14. The molecule has 1 aliphatic rings. The van der Waals surface area contributed by atoms with E-state index in [0.29, 0.717) is 5.69 Å². The third-order valence-corrected chi connectivity index (χ3v) is 3.26. The van der Waals surface area contributed by atoms with E-state index in [1.54, 1.807) is 0 Å². The van der Waals surface area contributed by atoms with Gasteiger partial charge in [0.25, 0.3) is 5.91 Å². The molecule has 1 aromatic heterocycles. The molecule has 0 spiro atoms. The average molecular weight is 221 g/mol. The van der Waals surface area contributed by atoms with Crippen LogP contribution in [0.15, 0.2) is 0 Å². The van der Waals surface area contributed by atoms with Crippen LogP contribution < -0.4 is 5.32 Å². The molecule has 1 heterocycles. The fraction of sp³-hybridized carbons (Fsp3) is 0.667. The first-order chi connectivity index (χ1) is 7.72. The lowest BCUT2D eigenvalue weighted by Crippen LogP contribution is -2.32. The van der Waals surface area contributed by atoms with Crippen LogP contribution in [0.1, 0.15) is 54.9 Å². The second kappa shape index (κ2) is 4.68. The van der Waals surface area contributed by atoms with Crippen LogP contribution in [-0.4, -0.2) is 22.1 Å². The number of H-pyrrole nitrogens is 1. The molecule has 0 fully saturated rings. The Morgan fingerprint density at radius 1 is 1.50 bits per heavy atom. The van der Waals surface area contributed by atoms with Crippen LogP contribution in [0.4, 0.5) is 0 Å². The van der Waals surface area contributed by atoms with Gasteiger partial charge in [-0.25, -0.2) is 0 Å². The number of carbonyl (C=O) groups excluding carboxylic acids is 1. The molecule has 2 N–H and O–H groups in total. The molecule has 1 aliphatic carbocycles. The van der Waals surface area contributed by atoms with Gasteiger partial charge < -0.3 is 5.32 Å². The largest absolute Gasteiger partial charge is 0.348 e. The molecule has 0 bridgehead atoms. The number of aromatic nitrogens is 2. The molecule has 0 unspecified atom stereocenters. The number of amides is 1. The molecule has 0 aliphatic heterocycles. The molecule has 2 rings (SSSR count). The molecule has 0 saturated carbocycles. The zero-order chi connectivity index (χ0) is 11.5. The maximum Gasteiger partial charge on any atom is 0.272 e. The zero-order valence-electron chi connectivity index (χ0n) is 9.97. The van der Waals surface area contributed by atoms with E-state index in [0.717, 1.165) is 36.9 Å². The fourth-order valence-electron chi connectivity index (χ4n) is 2.06. The van der Waals surface area contributed by atoms with Crippen molar-refractivity contribution in [1.82, 2.24) is 15.5 Å². The van der Waals surface area contributed by atoms with Gasteiger partial charge in [0.15, 0.2) is 5.69 Å². The Morgan fingerprint density at radius 3 is 3.00 bits per heavy atom. The Kier molecular flexibility index (Phi) is 3.27. The van der Waals surface area contributed by atoms with Crippen molar-refractivity contribution >= 4 is 5.91 Å². The average Bonchev–Trinajstić information content (AvgIpc) is 2.72. The lowest BCUT2D eigenvalue weighted by molar-refractivity contribution is 0.0933. The first-order valence-electron chi connectivity index (χ1n) is 6.09. The highest BCUT2D eigenvalue weighted by Crippen LogP contribution is 2.22. The smallest absolute Gasteiger partial charge is 0.272 e. The van der Waals surface area contributed by atoms with Crippen molar-refractivity contribution in [2.45, 2.75) is 52.0 Å². The summed E-state index contributed by atoms with van der Waals surface area (Å²) in [6, 6.07) is 0.212. The molecular weight excluding hydrogens is 202 g/mol. The summed E-state index contributed by atoms with van der Waals surface area (Å²) >= 11 is 0. The summed E-state index contributed by atoms with van der Waals surface area (Å²) in [6.45, 7) is 4.07. The monoisotopic (exact) mass is 221 g/mol. The van der Waals surface area contributed by atoms with Crippen LogP contribution in [0, 0.1) is 0 Å². The van der Waals surface area contributed by atoms with E-state index in [-0.39, 0.29) is 11.9 Å². The Hall–Kier alpha value is -1.32. The highest BCUT2D eigenvalue weighted by atomic mass is 16.2. The van der Waals surface area contributed by atoms with E-state index in [2.05, 4.69) is 22.4 Å². The quantitative estimate of drug-likeness (QED) is 0.818. The van der Waals surface area contributed by atoms with Crippen molar-refractivity contribution < 1.29 is 4.79 Å². The van der Waals surface area contributed by atoms with Crippen molar-refractivity contribution in [3.8, 4) is 0 Å². The zero-order valence-corrected chi connectivity index (χ0v) is 9.97. The summed E-state index contributed by atoms with van der Waals surface area (Å²) in [5, 5.41) is 10.1. The van der Waals surface area contributed by atoms with E-state index < -0.39 is 0 Å². The summed E-state index contributed by atoms with van der Waals surface area (Å²) in [5.74, 6) is -0.0336. The first-order valence-corrected chi connectivity index (χ1v) is 6.09. The predicted molar refractivity (Wildman–Crippen MR) is 62.4 cm³/mol. The molecule has 1 aromatic rings. The lowest BCUT2D eigenvalue weighted by Gasteiger charge is -2.13. The van der Waals surface area contributed by atoms with E-state index in [1.807, 2.05) is 6.92 Å². The molecule has 1 amide bonds. The molecule has 0 aromatic carbocycles. The van der Waals surface area contributed by atoms with Crippen LogP contribution in [0.3, 0.4) is 0 Å². The van der Waals surface area contributed by atoms with E-state index in [1.165, 1.54) is 6.42 Å². The number of nitrogens with one attached hydrogen (secondary N) is 2. The van der Waals surface area contributed by atoms with Gasteiger partial charge in [-0.2, -0.15) is 5.10 Å². The predicted octanol–water partition coefficient (Wildman–Crippen LogP) is 1.82. The number of carbonyl (C=O) groups is 1. The third-order valence-electron chi connectivity index (χ3n) is 3.26. The van der Waals surface area contributed by atoms with Crippen LogP contribution in [0.2, 0.25) is 0 Å². The molecule has 0 saturated heterocycles. The fourth-order valence-corrected chi connectivity index (χ4v) is 2.06. The molecule has 88 valence electrons. The minimum Gasteiger partial charge on any atom is -0.348 e. The summed E-state index contributed by atoms with van der Waals surface area (Å²) in [5.41, 5.74) is 2.89. The van der Waals surface area contributed by atoms with E-state index >= 15 is 0 Å². The van der Waals surface area contributed by atoms with Crippen molar-refractivity contribution in [3.05, 3.63) is 17.0 Å². The second-order valence-corrected chi connectivity index (χ2v) is 4.52. The SMILES string of the molecule is CC[C@@H](C)NC(=O)c1n[nH]c2c1CCCC2. The van der Waals surface area contributed by atoms with Gasteiger partial charge in [-0.15, -0.1) is 0 Å². The minimum absolute atomic E-state index is 0.0336. The molecule has 4 nitrogen and oxygen atoms in total. The van der Waals surface area contributed by atoms with E-state index in [9.17, 15) is 4.79 Å². The van der Waals surface area contributed by atoms with Gasteiger partial charge in [-0.3, -0.25) is 9.89 Å².